The first-order valence-electron chi connectivity index (χ1n) is 11.8. The number of nitrogens with zero attached hydrogens (tertiary/aromatic N) is 3. The van der Waals surface area contributed by atoms with E-state index >= 15 is 0 Å². The minimum atomic E-state index is -0.244. The molecule has 0 unspecified atom stereocenters. The van der Waals surface area contributed by atoms with Crippen LogP contribution in [0.2, 0.25) is 5.02 Å². The number of hydrogen-bond acceptors (Lipinski definition) is 8. The summed E-state index contributed by atoms with van der Waals surface area (Å²) in [5.74, 6) is 2.01. The number of fused-ring (bicyclic) bond motifs is 2. The van der Waals surface area contributed by atoms with Crippen LogP contribution in [0, 0.1) is 0 Å². The second-order valence-electron chi connectivity index (χ2n) is 8.92. The van der Waals surface area contributed by atoms with Crippen molar-refractivity contribution in [3.05, 3.63) is 81.7 Å². The van der Waals surface area contributed by atoms with Gasteiger partial charge in [-0.05, 0) is 42.5 Å². The minimum absolute atomic E-state index is 0.107. The standard InChI is InChI=1S/C27H24ClN3O5/c28-19-11-17(26-18(12-19)15-34-16-35-26)13-23-25(33)20-4-5-22(32)21(27(20)36-23)14-30-7-9-31(10-8-30)24-3-1-2-6-29-24/h1-6,11-13,32H,7-10,14-16H2/b23-13-. The second kappa shape index (κ2) is 9.46. The zero-order valence-electron chi connectivity index (χ0n) is 19.4. The number of pyridine rings is 1. The van der Waals surface area contributed by atoms with Gasteiger partial charge in [-0.2, -0.15) is 0 Å². The molecule has 8 nitrogen and oxygen atoms in total. The monoisotopic (exact) mass is 505 g/mol. The Morgan fingerprint density at radius 3 is 2.75 bits per heavy atom. The van der Waals surface area contributed by atoms with Gasteiger partial charge in [-0.25, -0.2) is 4.98 Å². The number of allylic oxidation sites excluding steroid dienone is 1. The van der Waals surface area contributed by atoms with E-state index in [0.29, 0.717) is 46.4 Å². The van der Waals surface area contributed by atoms with Gasteiger partial charge in [-0.15, -0.1) is 0 Å². The van der Waals surface area contributed by atoms with Crippen LogP contribution in [0.1, 0.15) is 27.0 Å². The van der Waals surface area contributed by atoms with Crippen molar-refractivity contribution in [1.29, 1.82) is 0 Å². The third kappa shape index (κ3) is 4.28. The van der Waals surface area contributed by atoms with Gasteiger partial charge in [-0.1, -0.05) is 17.7 Å². The molecule has 36 heavy (non-hydrogen) atoms. The molecular weight excluding hydrogens is 482 g/mol. The van der Waals surface area contributed by atoms with E-state index in [1.165, 1.54) is 0 Å². The van der Waals surface area contributed by atoms with Crippen LogP contribution < -0.4 is 14.4 Å². The molecule has 0 bridgehead atoms. The fraction of sp³-hybridized carbons (Fsp3) is 0.259. The van der Waals surface area contributed by atoms with E-state index in [2.05, 4.69) is 14.8 Å². The Balaban J connectivity index is 1.24. The van der Waals surface area contributed by atoms with Crippen molar-refractivity contribution in [2.45, 2.75) is 13.2 Å². The number of piperazine rings is 1. The summed E-state index contributed by atoms with van der Waals surface area (Å²) >= 11 is 6.28. The number of phenolic OH excluding ortho intramolecular Hbond substituents is 1. The number of rotatable bonds is 4. The van der Waals surface area contributed by atoms with Gasteiger partial charge in [-0.3, -0.25) is 9.69 Å². The molecule has 3 aliphatic heterocycles. The smallest absolute Gasteiger partial charge is 0.231 e. The van der Waals surface area contributed by atoms with Gasteiger partial charge in [0.25, 0.3) is 0 Å². The molecule has 1 fully saturated rings. The molecule has 3 aromatic rings. The zero-order valence-corrected chi connectivity index (χ0v) is 20.2. The summed E-state index contributed by atoms with van der Waals surface area (Å²) in [5.41, 5.74) is 2.50. The third-order valence-electron chi connectivity index (χ3n) is 6.63. The van der Waals surface area contributed by atoms with Gasteiger partial charge in [0.2, 0.25) is 5.78 Å². The van der Waals surface area contributed by atoms with Crippen LogP contribution in [0.15, 0.2) is 54.4 Å². The predicted octanol–water partition coefficient (Wildman–Crippen LogP) is 4.25. The van der Waals surface area contributed by atoms with Crippen molar-refractivity contribution in [3.8, 4) is 17.2 Å². The summed E-state index contributed by atoms with van der Waals surface area (Å²) in [6.07, 6.45) is 3.44. The van der Waals surface area contributed by atoms with Crippen LogP contribution in [-0.4, -0.2) is 53.7 Å². The molecule has 0 aliphatic carbocycles. The van der Waals surface area contributed by atoms with Gasteiger partial charge < -0.3 is 24.2 Å². The Bertz CT molecular complexity index is 1350. The summed E-state index contributed by atoms with van der Waals surface area (Å²) in [4.78, 5) is 22.1. The number of halogens is 1. The quantitative estimate of drug-likeness (QED) is 0.527. The highest BCUT2D eigenvalue weighted by Crippen LogP contribution is 2.41. The first-order valence-corrected chi connectivity index (χ1v) is 12.1. The molecule has 3 aliphatic rings. The molecule has 1 aromatic heterocycles. The molecule has 0 radical (unpaired) electrons. The average Bonchev–Trinajstić information content (AvgIpc) is 3.21. The molecule has 1 N–H and O–H groups in total. The molecule has 0 saturated carbocycles. The minimum Gasteiger partial charge on any atom is -0.507 e. The number of aromatic hydroxyl groups is 1. The number of benzene rings is 2. The van der Waals surface area contributed by atoms with Gasteiger partial charge in [0, 0.05) is 55.1 Å². The van der Waals surface area contributed by atoms with Crippen molar-refractivity contribution in [2.24, 2.45) is 0 Å². The predicted molar refractivity (Wildman–Crippen MR) is 135 cm³/mol. The highest BCUT2D eigenvalue weighted by atomic mass is 35.5. The van der Waals surface area contributed by atoms with Crippen molar-refractivity contribution in [3.63, 3.8) is 0 Å². The van der Waals surface area contributed by atoms with Crippen molar-refractivity contribution in [1.82, 2.24) is 9.88 Å². The van der Waals surface area contributed by atoms with Gasteiger partial charge in [0.15, 0.2) is 12.6 Å². The summed E-state index contributed by atoms with van der Waals surface area (Å²) in [6.45, 7) is 4.22. The first kappa shape index (κ1) is 22.8. The molecule has 1 saturated heterocycles. The van der Waals surface area contributed by atoms with Crippen LogP contribution in [0.25, 0.3) is 6.08 Å². The summed E-state index contributed by atoms with van der Waals surface area (Å²) < 4.78 is 17.1. The molecule has 184 valence electrons. The van der Waals surface area contributed by atoms with E-state index in [1.54, 1.807) is 36.5 Å². The molecule has 0 amide bonds. The molecule has 9 heteroatoms. The molecule has 0 spiro atoms. The first-order chi connectivity index (χ1) is 17.6. The molecule has 4 heterocycles. The Kier molecular flexibility index (Phi) is 6.00. The van der Waals surface area contributed by atoms with Crippen LogP contribution in [0.5, 0.6) is 17.2 Å². The van der Waals surface area contributed by atoms with E-state index in [4.69, 9.17) is 25.8 Å². The van der Waals surface area contributed by atoms with Crippen molar-refractivity contribution >= 4 is 29.3 Å². The maximum Gasteiger partial charge on any atom is 0.231 e. The Morgan fingerprint density at radius 2 is 1.94 bits per heavy atom. The molecule has 2 aromatic carbocycles. The fourth-order valence-corrected chi connectivity index (χ4v) is 5.06. The molecule has 0 atom stereocenters. The summed E-state index contributed by atoms with van der Waals surface area (Å²) in [5, 5.41) is 11.2. The number of phenols is 1. The molecular formula is C27H24ClN3O5. The van der Waals surface area contributed by atoms with Crippen molar-refractivity contribution < 1.29 is 24.1 Å². The highest BCUT2D eigenvalue weighted by molar-refractivity contribution is 6.31. The maximum absolute atomic E-state index is 13.2. The number of ether oxygens (including phenoxy) is 3. The lowest BCUT2D eigenvalue weighted by Gasteiger charge is -2.35. The summed E-state index contributed by atoms with van der Waals surface area (Å²) in [6, 6.07) is 12.6. The van der Waals surface area contributed by atoms with Gasteiger partial charge in [0.05, 0.1) is 17.7 Å². The lowest BCUT2D eigenvalue weighted by molar-refractivity contribution is -0.0165. The van der Waals surface area contributed by atoms with E-state index < -0.39 is 0 Å². The number of hydrogen-bond donors (Lipinski definition) is 1. The SMILES string of the molecule is O=C1/C(=C/c2cc(Cl)cc3c2OCOC3)Oc2c1ccc(O)c2CN1CCN(c2ccccn2)CC1. The third-order valence-corrected chi connectivity index (χ3v) is 6.85. The lowest BCUT2D eigenvalue weighted by atomic mass is 10.0. The second-order valence-corrected chi connectivity index (χ2v) is 9.36. The van der Waals surface area contributed by atoms with Crippen molar-refractivity contribution in [2.75, 3.05) is 37.9 Å². The number of carbonyl (C=O) groups is 1. The number of aromatic nitrogens is 1. The van der Waals surface area contributed by atoms with Crippen LogP contribution >= 0.6 is 11.6 Å². The van der Waals surface area contributed by atoms with Crippen LogP contribution in [0.3, 0.4) is 0 Å². The molecule has 6 rings (SSSR count). The summed E-state index contributed by atoms with van der Waals surface area (Å²) in [7, 11) is 0. The van der Waals surface area contributed by atoms with Gasteiger partial charge in [0.1, 0.15) is 23.1 Å². The van der Waals surface area contributed by atoms with E-state index in [1.807, 2.05) is 18.2 Å². The number of Topliss-reactive ketones (excluding diaryl/α,β-unsaturated/α-hetero) is 1. The van der Waals surface area contributed by atoms with Gasteiger partial charge >= 0.3 is 0 Å². The maximum atomic E-state index is 13.2. The number of anilines is 1. The van der Waals surface area contributed by atoms with Crippen LogP contribution in [0.4, 0.5) is 5.82 Å². The number of ketones is 1. The van der Waals surface area contributed by atoms with Crippen LogP contribution in [-0.2, 0) is 17.9 Å². The normalized spacial score (nSPS) is 18.5. The zero-order chi connectivity index (χ0) is 24.6. The highest BCUT2D eigenvalue weighted by Gasteiger charge is 2.33. The Labute approximate surface area is 213 Å². The lowest BCUT2D eigenvalue weighted by Crippen LogP contribution is -2.46. The van der Waals surface area contributed by atoms with E-state index in [0.717, 1.165) is 37.6 Å². The van der Waals surface area contributed by atoms with E-state index in [-0.39, 0.29) is 24.1 Å². The Morgan fingerprint density at radius 1 is 1.08 bits per heavy atom. The largest absolute Gasteiger partial charge is 0.507 e. The topological polar surface area (TPSA) is 84.4 Å². The van der Waals surface area contributed by atoms with E-state index in [9.17, 15) is 9.90 Å². The average molecular weight is 506 g/mol. The number of carbonyl (C=O) groups excluding carboxylic acids is 1. The fourth-order valence-electron chi connectivity index (χ4n) is 4.81. The Hall–Kier alpha value is -3.59.